The van der Waals surface area contributed by atoms with Crippen molar-refractivity contribution in [2.45, 2.75) is 6.92 Å². The lowest BCUT2D eigenvalue weighted by Gasteiger charge is -2.09. The molecule has 0 spiro atoms. The summed E-state index contributed by atoms with van der Waals surface area (Å²) < 4.78 is 5.77. The molecule has 1 heterocycles. The predicted octanol–water partition coefficient (Wildman–Crippen LogP) is 5.37. The smallest absolute Gasteiger partial charge is 0.133 e. The normalized spacial score (nSPS) is 10.1. The highest BCUT2D eigenvalue weighted by molar-refractivity contribution is 6.30. The van der Waals surface area contributed by atoms with Gasteiger partial charge in [0.2, 0.25) is 0 Å². The van der Waals surface area contributed by atoms with Gasteiger partial charge in [-0.1, -0.05) is 41.9 Å². The van der Waals surface area contributed by atoms with Crippen molar-refractivity contribution < 1.29 is 4.74 Å². The lowest BCUT2D eigenvalue weighted by Crippen LogP contribution is -1.93. The second-order valence-corrected chi connectivity index (χ2v) is 5.37. The van der Waals surface area contributed by atoms with E-state index in [-0.39, 0.29) is 0 Å². The van der Waals surface area contributed by atoms with Crippen LogP contribution in [0.1, 0.15) is 11.1 Å². The van der Waals surface area contributed by atoms with Crippen LogP contribution in [0.3, 0.4) is 0 Å². The third-order valence-corrected chi connectivity index (χ3v) is 3.90. The molecule has 0 aliphatic carbocycles. The van der Waals surface area contributed by atoms with Crippen molar-refractivity contribution in [3.8, 4) is 28.7 Å². The Morgan fingerprint density at radius 2 is 1.65 bits per heavy atom. The summed E-state index contributed by atoms with van der Waals surface area (Å²) in [6.45, 7) is 1.80. The van der Waals surface area contributed by atoms with Gasteiger partial charge in [0, 0.05) is 17.3 Å². The Morgan fingerprint density at radius 3 is 2.30 bits per heavy atom. The monoisotopic (exact) mass is 320 g/mol. The first-order chi connectivity index (χ1) is 11.2. The quantitative estimate of drug-likeness (QED) is 0.609. The van der Waals surface area contributed by atoms with Gasteiger partial charge in [-0.2, -0.15) is 5.26 Å². The highest BCUT2D eigenvalue weighted by atomic mass is 35.5. The van der Waals surface area contributed by atoms with Gasteiger partial charge in [-0.05, 0) is 36.8 Å². The fourth-order valence-electron chi connectivity index (χ4n) is 2.28. The number of pyridine rings is 1. The highest BCUT2D eigenvalue weighted by Crippen LogP contribution is 2.30. The first-order valence-electron chi connectivity index (χ1n) is 7.07. The number of ether oxygens (including phenoxy) is 1. The molecular weight excluding hydrogens is 308 g/mol. The molecule has 3 nitrogen and oxygen atoms in total. The maximum Gasteiger partial charge on any atom is 0.133 e. The highest BCUT2D eigenvalue weighted by Gasteiger charge is 2.11. The second kappa shape index (κ2) is 6.51. The minimum atomic E-state index is 0.356. The van der Waals surface area contributed by atoms with Crippen molar-refractivity contribution in [3.05, 3.63) is 77.1 Å². The average Bonchev–Trinajstić information content (AvgIpc) is 2.59. The van der Waals surface area contributed by atoms with Gasteiger partial charge in [0.05, 0.1) is 5.56 Å². The maximum atomic E-state index is 9.37. The van der Waals surface area contributed by atoms with E-state index in [1.807, 2.05) is 54.6 Å². The summed E-state index contributed by atoms with van der Waals surface area (Å²) in [5.41, 5.74) is 2.90. The molecule has 0 bridgehead atoms. The molecule has 0 fully saturated rings. The van der Waals surface area contributed by atoms with Crippen molar-refractivity contribution in [1.29, 1.82) is 5.26 Å². The molecule has 1 aromatic heterocycles. The van der Waals surface area contributed by atoms with Crippen molar-refractivity contribution in [3.63, 3.8) is 0 Å². The molecule has 4 heteroatoms. The number of para-hydroxylation sites is 1. The summed E-state index contributed by atoms with van der Waals surface area (Å²) >= 11 is 5.99. The lowest BCUT2D eigenvalue weighted by atomic mass is 10.00. The molecule has 3 aromatic rings. The zero-order valence-corrected chi connectivity index (χ0v) is 13.2. The molecular formula is C19H13ClN2O. The molecule has 3 rings (SSSR count). The number of hydrogen-bond donors (Lipinski definition) is 0. The second-order valence-electron chi connectivity index (χ2n) is 5.01. The van der Waals surface area contributed by atoms with Gasteiger partial charge in [0.1, 0.15) is 22.7 Å². The summed E-state index contributed by atoms with van der Waals surface area (Å²) in [6, 6.07) is 19.3. The molecule has 0 aliphatic rings. The summed E-state index contributed by atoms with van der Waals surface area (Å²) in [5.74, 6) is 1.51. The summed E-state index contributed by atoms with van der Waals surface area (Å²) in [5, 5.41) is 9.73. The number of benzene rings is 2. The Balaban J connectivity index is 1.92. The van der Waals surface area contributed by atoms with Crippen LogP contribution in [-0.2, 0) is 0 Å². The predicted molar refractivity (Wildman–Crippen MR) is 90.7 cm³/mol. The zero-order chi connectivity index (χ0) is 16.2. The van der Waals surface area contributed by atoms with Crippen LogP contribution < -0.4 is 4.74 Å². The molecule has 0 saturated carbocycles. The average molecular weight is 321 g/mol. The van der Waals surface area contributed by atoms with Gasteiger partial charge in [0.15, 0.2) is 0 Å². The SMILES string of the molecule is Cc1c(Cl)ncc(-c2ccc(Oc3ccccc3)cc2)c1C#N. The van der Waals surface area contributed by atoms with Crippen LogP contribution in [0, 0.1) is 18.3 Å². The van der Waals surface area contributed by atoms with Gasteiger partial charge < -0.3 is 4.74 Å². The molecule has 0 unspecified atom stereocenters. The Labute approximate surface area is 139 Å². The number of rotatable bonds is 3. The van der Waals surface area contributed by atoms with Gasteiger partial charge >= 0.3 is 0 Å². The molecule has 0 radical (unpaired) electrons. The molecule has 23 heavy (non-hydrogen) atoms. The summed E-state index contributed by atoms with van der Waals surface area (Å²) in [6.07, 6.45) is 1.63. The molecule has 0 amide bonds. The summed E-state index contributed by atoms with van der Waals surface area (Å²) in [4.78, 5) is 4.14. The largest absolute Gasteiger partial charge is 0.457 e. The van der Waals surface area contributed by atoms with E-state index in [0.29, 0.717) is 16.3 Å². The van der Waals surface area contributed by atoms with Crippen LogP contribution in [-0.4, -0.2) is 4.98 Å². The van der Waals surface area contributed by atoms with Crippen LogP contribution in [0.15, 0.2) is 60.8 Å². The molecule has 0 atom stereocenters. The first-order valence-corrected chi connectivity index (χ1v) is 7.45. The van der Waals surface area contributed by atoms with E-state index >= 15 is 0 Å². The standard InChI is InChI=1S/C19H13ClN2O/c1-13-17(11-21)18(12-22-19(13)20)14-7-9-16(10-8-14)23-15-5-3-2-4-6-15/h2-10,12H,1H3. The van der Waals surface area contributed by atoms with Crippen LogP contribution >= 0.6 is 11.6 Å². The molecule has 0 saturated heterocycles. The van der Waals surface area contributed by atoms with E-state index in [1.165, 1.54) is 0 Å². The molecule has 0 aliphatic heterocycles. The number of nitriles is 1. The van der Waals surface area contributed by atoms with Crippen molar-refractivity contribution in [2.24, 2.45) is 0 Å². The van der Waals surface area contributed by atoms with E-state index in [0.717, 1.165) is 22.6 Å². The Kier molecular flexibility index (Phi) is 4.27. The maximum absolute atomic E-state index is 9.37. The topological polar surface area (TPSA) is 45.9 Å². The number of aromatic nitrogens is 1. The van der Waals surface area contributed by atoms with Crippen LogP contribution in [0.25, 0.3) is 11.1 Å². The minimum Gasteiger partial charge on any atom is -0.457 e. The Hall–Kier alpha value is -2.83. The van der Waals surface area contributed by atoms with Gasteiger partial charge in [-0.3, -0.25) is 0 Å². The number of halogens is 1. The minimum absolute atomic E-state index is 0.356. The Morgan fingerprint density at radius 1 is 1.00 bits per heavy atom. The summed E-state index contributed by atoms with van der Waals surface area (Å²) in [7, 11) is 0. The fraction of sp³-hybridized carbons (Fsp3) is 0.0526. The van der Waals surface area contributed by atoms with Crippen molar-refractivity contribution in [1.82, 2.24) is 4.98 Å². The van der Waals surface area contributed by atoms with E-state index in [1.54, 1.807) is 13.1 Å². The molecule has 112 valence electrons. The van der Waals surface area contributed by atoms with E-state index in [4.69, 9.17) is 16.3 Å². The lowest BCUT2D eigenvalue weighted by molar-refractivity contribution is 0.483. The van der Waals surface area contributed by atoms with Gasteiger partial charge in [0.25, 0.3) is 0 Å². The van der Waals surface area contributed by atoms with Crippen LogP contribution in [0.5, 0.6) is 11.5 Å². The van der Waals surface area contributed by atoms with Gasteiger partial charge in [-0.15, -0.1) is 0 Å². The molecule has 2 aromatic carbocycles. The van der Waals surface area contributed by atoms with E-state index < -0.39 is 0 Å². The number of hydrogen-bond acceptors (Lipinski definition) is 3. The van der Waals surface area contributed by atoms with Crippen molar-refractivity contribution in [2.75, 3.05) is 0 Å². The van der Waals surface area contributed by atoms with Gasteiger partial charge in [-0.25, -0.2) is 4.98 Å². The van der Waals surface area contributed by atoms with E-state index in [2.05, 4.69) is 11.1 Å². The molecule has 0 N–H and O–H groups in total. The third-order valence-electron chi connectivity index (χ3n) is 3.52. The van der Waals surface area contributed by atoms with E-state index in [9.17, 15) is 5.26 Å². The fourth-order valence-corrected chi connectivity index (χ4v) is 2.42. The zero-order valence-electron chi connectivity index (χ0n) is 12.5. The van der Waals surface area contributed by atoms with Crippen LogP contribution in [0.2, 0.25) is 5.15 Å². The van der Waals surface area contributed by atoms with Crippen molar-refractivity contribution >= 4 is 11.6 Å². The number of nitrogens with zero attached hydrogens (tertiary/aromatic N) is 2. The first kappa shape index (κ1) is 15.1. The third kappa shape index (κ3) is 3.18. The Bertz CT molecular complexity index is 868. The van der Waals surface area contributed by atoms with Crippen LogP contribution in [0.4, 0.5) is 0 Å².